The number of rotatable bonds is 1. The zero-order chi connectivity index (χ0) is 4.83. The molecule has 0 rings (SSSR count). The van der Waals surface area contributed by atoms with Crippen molar-refractivity contribution >= 4 is 22.4 Å². The number of halogens is 1. The van der Waals surface area contributed by atoms with E-state index in [-0.39, 0.29) is 6.47 Å². The molecule has 0 fully saturated rings. The second-order valence-electron chi connectivity index (χ2n) is 0.411. The lowest BCUT2D eigenvalue weighted by atomic mass is 11.3. The van der Waals surface area contributed by atoms with Crippen molar-refractivity contribution in [3.63, 3.8) is 0 Å². The zero-order valence-corrected chi connectivity index (χ0v) is 4.36. The Morgan fingerprint density at radius 1 is 1.83 bits per heavy atom. The average molecular weight is 149 g/mol. The second kappa shape index (κ2) is 4.51. The Kier molecular flexibility index (Phi) is 4.14. The minimum absolute atomic E-state index is 0.258. The van der Waals surface area contributed by atoms with Gasteiger partial charge in [-0.15, -0.1) is 0 Å². The molecule has 0 heterocycles. The van der Waals surface area contributed by atoms with Crippen LogP contribution in [0.2, 0.25) is 0 Å². The predicted molar refractivity (Wildman–Crippen MR) is 23.9 cm³/mol. The summed E-state index contributed by atoms with van der Waals surface area (Å²) in [5, 5.41) is 0. The Morgan fingerprint density at radius 2 is 2.50 bits per heavy atom. The van der Waals surface area contributed by atoms with Gasteiger partial charge in [-0.25, -0.2) is 0 Å². The summed E-state index contributed by atoms with van der Waals surface area (Å²) in [7, 11) is 0. The molecule has 0 aliphatic heterocycles. The molecule has 0 atom stereocenters. The molecule has 0 N–H and O–H groups in total. The Labute approximate surface area is 43.6 Å². The summed E-state index contributed by atoms with van der Waals surface area (Å²) in [6.45, 7) is 0.258. The van der Waals surface area contributed by atoms with E-state index in [1.165, 1.54) is 0 Å². The van der Waals surface area contributed by atoms with Crippen molar-refractivity contribution in [2.24, 2.45) is 0 Å². The number of hydrogen-bond acceptors (Lipinski definition) is 2. The van der Waals surface area contributed by atoms with Crippen LogP contribution < -0.4 is 0 Å². The van der Waals surface area contributed by atoms with Crippen molar-refractivity contribution in [2.45, 2.75) is 0 Å². The summed E-state index contributed by atoms with van der Waals surface area (Å²) < 4.78 is 3.89. The van der Waals surface area contributed by atoms with Gasteiger partial charge in [-0.05, 0) is 0 Å². The molecular formula is C3HBrO2. The van der Waals surface area contributed by atoms with Crippen LogP contribution in [0.5, 0.6) is 0 Å². The summed E-state index contributed by atoms with van der Waals surface area (Å²) in [5.74, 6) is 0. The monoisotopic (exact) mass is 148 g/mol. The molecule has 0 saturated heterocycles. The smallest absolute Gasteiger partial charge is 0.307 e. The van der Waals surface area contributed by atoms with Gasteiger partial charge >= 0.3 is 6.47 Å². The third kappa shape index (κ3) is 3.51. The lowest BCUT2D eigenvalue weighted by Crippen LogP contribution is -1.69. The Bertz CT molecular complexity index is 88.7. The summed E-state index contributed by atoms with van der Waals surface area (Å²) >= 11 is 2.71. The molecule has 32 valence electrons. The van der Waals surface area contributed by atoms with E-state index in [1.54, 1.807) is 0 Å². The van der Waals surface area contributed by atoms with Crippen LogP contribution in [0.4, 0.5) is 0 Å². The van der Waals surface area contributed by atoms with Crippen molar-refractivity contribution in [3.8, 4) is 10.9 Å². The quantitative estimate of drug-likeness (QED) is 0.400. The van der Waals surface area contributed by atoms with Crippen LogP contribution in [0, 0.1) is 10.9 Å². The summed E-state index contributed by atoms with van der Waals surface area (Å²) in [6.07, 6.45) is 2.00. The maximum absolute atomic E-state index is 9.22. The van der Waals surface area contributed by atoms with E-state index in [1.807, 2.05) is 6.11 Å². The fraction of sp³-hybridized carbons (Fsp3) is 0. The normalized spacial score (nSPS) is 4.83. The minimum Gasteiger partial charge on any atom is -0.374 e. The highest BCUT2D eigenvalue weighted by Gasteiger charge is 1.57. The largest absolute Gasteiger partial charge is 0.374 e. The molecule has 0 amide bonds. The molecule has 0 radical (unpaired) electrons. The standard InChI is InChI=1S/C3HBrO2/c4-1-2-6-3-5/h3H. The number of carbonyl (C=O) groups excluding carboxylic acids is 1. The van der Waals surface area contributed by atoms with Gasteiger partial charge in [-0.1, -0.05) is 0 Å². The highest BCUT2D eigenvalue weighted by molar-refractivity contribution is 9.12. The van der Waals surface area contributed by atoms with Gasteiger partial charge in [0.1, 0.15) is 6.11 Å². The number of carbonyl (C=O) groups is 1. The second-order valence-corrected chi connectivity index (χ2v) is 0.807. The maximum Gasteiger partial charge on any atom is 0.307 e. The van der Waals surface area contributed by atoms with Gasteiger partial charge in [0.25, 0.3) is 0 Å². The first-order valence-corrected chi connectivity index (χ1v) is 1.91. The highest BCUT2D eigenvalue weighted by atomic mass is 79.9. The SMILES string of the molecule is O=COC#CBr. The molecule has 6 heavy (non-hydrogen) atoms. The molecule has 0 unspecified atom stereocenters. The maximum atomic E-state index is 9.22. The lowest BCUT2D eigenvalue weighted by Gasteiger charge is -1.66. The van der Waals surface area contributed by atoms with E-state index < -0.39 is 0 Å². The molecule has 0 aromatic rings. The lowest BCUT2D eigenvalue weighted by molar-refractivity contribution is -0.122. The van der Waals surface area contributed by atoms with Crippen molar-refractivity contribution in [3.05, 3.63) is 0 Å². The minimum atomic E-state index is 0.258. The highest BCUT2D eigenvalue weighted by Crippen LogP contribution is 1.66. The van der Waals surface area contributed by atoms with E-state index in [9.17, 15) is 4.79 Å². The van der Waals surface area contributed by atoms with Crippen molar-refractivity contribution < 1.29 is 9.53 Å². The molecule has 3 heteroatoms. The molecule has 0 bridgehead atoms. The van der Waals surface area contributed by atoms with Gasteiger partial charge in [0.2, 0.25) is 0 Å². The van der Waals surface area contributed by atoms with E-state index in [2.05, 4.69) is 25.5 Å². The fourth-order valence-corrected chi connectivity index (χ4v) is 0.140. The van der Waals surface area contributed by atoms with Crippen LogP contribution >= 0.6 is 15.9 Å². The van der Waals surface area contributed by atoms with Gasteiger partial charge in [-0.3, -0.25) is 4.79 Å². The van der Waals surface area contributed by atoms with Crippen LogP contribution in [0.15, 0.2) is 0 Å². The van der Waals surface area contributed by atoms with Gasteiger partial charge in [0.05, 0.1) is 0 Å². The topological polar surface area (TPSA) is 26.3 Å². The van der Waals surface area contributed by atoms with Gasteiger partial charge in [0, 0.05) is 20.8 Å². The van der Waals surface area contributed by atoms with E-state index in [0.717, 1.165) is 0 Å². The van der Waals surface area contributed by atoms with Gasteiger partial charge < -0.3 is 4.74 Å². The first-order valence-electron chi connectivity index (χ1n) is 1.11. The van der Waals surface area contributed by atoms with Gasteiger partial charge in [-0.2, -0.15) is 0 Å². The molecule has 0 aromatic carbocycles. The average Bonchev–Trinajstić information content (AvgIpc) is 1.61. The van der Waals surface area contributed by atoms with E-state index >= 15 is 0 Å². The van der Waals surface area contributed by atoms with Crippen LogP contribution in [0.1, 0.15) is 0 Å². The summed E-state index contributed by atoms with van der Waals surface area (Å²) in [4.78, 5) is 11.4. The van der Waals surface area contributed by atoms with Crippen LogP contribution in [-0.4, -0.2) is 6.47 Å². The summed E-state index contributed by atoms with van der Waals surface area (Å²) in [6, 6.07) is 0. The molecule has 0 saturated carbocycles. The first kappa shape index (κ1) is 5.51. The first-order chi connectivity index (χ1) is 2.91. The Balaban J connectivity index is 3.00. The Morgan fingerprint density at radius 3 is 2.67 bits per heavy atom. The molecule has 2 nitrogen and oxygen atoms in total. The van der Waals surface area contributed by atoms with Crippen molar-refractivity contribution in [1.29, 1.82) is 0 Å². The zero-order valence-electron chi connectivity index (χ0n) is 2.77. The summed E-state index contributed by atoms with van der Waals surface area (Å²) in [5.41, 5.74) is 0. The third-order valence-corrected chi connectivity index (χ3v) is 0.307. The molecule has 0 spiro atoms. The molecule has 0 aromatic heterocycles. The van der Waals surface area contributed by atoms with Crippen LogP contribution in [0.25, 0.3) is 0 Å². The van der Waals surface area contributed by atoms with Gasteiger partial charge in [0.15, 0.2) is 0 Å². The van der Waals surface area contributed by atoms with E-state index in [4.69, 9.17) is 0 Å². The van der Waals surface area contributed by atoms with Crippen molar-refractivity contribution in [1.82, 2.24) is 0 Å². The van der Waals surface area contributed by atoms with Crippen molar-refractivity contribution in [2.75, 3.05) is 0 Å². The molecular weight excluding hydrogens is 148 g/mol. The van der Waals surface area contributed by atoms with E-state index in [0.29, 0.717) is 0 Å². The third-order valence-electron chi connectivity index (χ3n) is 0.146. The fourth-order valence-electron chi connectivity index (χ4n) is 0.0463. The van der Waals surface area contributed by atoms with Crippen LogP contribution in [-0.2, 0) is 9.53 Å². The number of hydrogen-bond donors (Lipinski definition) is 0. The number of ether oxygens (including phenoxy) is 1. The molecule has 0 aliphatic carbocycles. The molecule has 0 aliphatic rings. The Hall–Kier alpha value is -0.490. The van der Waals surface area contributed by atoms with Crippen LogP contribution in [0.3, 0.4) is 0 Å². The predicted octanol–water partition coefficient (Wildman–Crippen LogP) is 0.473.